The number of aryl methyl sites for hydroxylation is 2. The van der Waals surface area contributed by atoms with Gasteiger partial charge in [0.15, 0.2) is 0 Å². The van der Waals surface area contributed by atoms with Gasteiger partial charge in [-0.3, -0.25) is 4.79 Å². The molecule has 1 unspecified atom stereocenters. The molecule has 0 aliphatic carbocycles. The number of carbonyl (C=O) groups is 1. The van der Waals surface area contributed by atoms with E-state index in [2.05, 4.69) is 21.2 Å². The van der Waals surface area contributed by atoms with E-state index < -0.39 is 0 Å². The monoisotopic (exact) mass is 331 g/mol. The lowest BCUT2D eigenvalue weighted by Gasteiger charge is -2.13. The normalized spacial score (nSPS) is 11.9. The minimum absolute atomic E-state index is 0.0217. The number of alkyl halides is 1. The van der Waals surface area contributed by atoms with E-state index in [1.165, 1.54) is 0 Å². The zero-order chi connectivity index (χ0) is 14.5. The van der Waals surface area contributed by atoms with Crippen molar-refractivity contribution < 1.29 is 4.79 Å². The van der Waals surface area contributed by atoms with E-state index in [4.69, 9.17) is 0 Å². The third-order valence-corrected chi connectivity index (χ3v) is 4.09. The molecule has 1 amide bonds. The van der Waals surface area contributed by atoms with Gasteiger partial charge in [0.25, 0.3) is 5.91 Å². The fourth-order valence-corrected chi connectivity index (χ4v) is 2.50. The molecule has 0 heterocycles. The van der Waals surface area contributed by atoms with E-state index in [0.717, 1.165) is 22.3 Å². The number of carbonyl (C=O) groups excluding carboxylic acids is 1. The van der Waals surface area contributed by atoms with Crippen molar-refractivity contribution in [2.45, 2.75) is 18.7 Å². The van der Waals surface area contributed by atoms with Crippen molar-refractivity contribution in [1.29, 1.82) is 0 Å². The van der Waals surface area contributed by atoms with Crippen molar-refractivity contribution in [3.8, 4) is 0 Å². The van der Waals surface area contributed by atoms with Gasteiger partial charge >= 0.3 is 0 Å². The highest BCUT2D eigenvalue weighted by Gasteiger charge is 2.12. The average molecular weight is 332 g/mol. The Labute approximate surface area is 128 Å². The molecular formula is C17H18BrNO. The fourth-order valence-electron chi connectivity index (χ4n) is 2.04. The summed E-state index contributed by atoms with van der Waals surface area (Å²) in [6.45, 7) is 4.51. The summed E-state index contributed by atoms with van der Waals surface area (Å²) in [4.78, 5) is 12.3. The van der Waals surface area contributed by atoms with Gasteiger partial charge in [0, 0.05) is 12.1 Å². The molecular weight excluding hydrogens is 314 g/mol. The number of halogens is 1. The Balaban J connectivity index is 2.00. The van der Waals surface area contributed by atoms with Gasteiger partial charge in [0.05, 0.1) is 4.83 Å². The summed E-state index contributed by atoms with van der Waals surface area (Å²) in [7, 11) is 0. The highest BCUT2D eigenvalue weighted by Crippen LogP contribution is 2.21. The number of nitrogens with one attached hydrogen (secondary N) is 1. The number of amides is 1. The molecule has 2 aromatic carbocycles. The smallest absolute Gasteiger partial charge is 0.251 e. The zero-order valence-corrected chi connectivity index (χ0v) is 13.3. The van der Waals surface area contributed by atoms with Crippen LogP contribution in [0.1, 0.15) is 31.9 Å². The Bertz CT molecular complexity index is 595. The zero-order valence-electron chi connectivity index (χ0n) is 11.7. The Hall–Kier alpha value is -1.61. The van der Waals surface area contributed by atoms with Crippen LogP contribution in [0.15, 0.2) is 48.5 Å². The van der Waals surface area contributed by atoms with Crippen molar-refractivity contribution in [1.82, 2.24) is 5.32 Å². The van der Waals surface area contributed by atoms with Gasteiger partial charge in [0.1, 0.15) is 0 Å². The lowest BCUT2D eigenvalue weighted by Crippen LogP contribution is -2.27. The molecule has 0 spiro atoms. The Morgan fingerprint density at radius 3 is 2.55 bits per heavy atom. The van der Waals surface area contributed by atoms with Crippen LogP contribution in [0.4, 0.5) is 0 Å². The Morgan fingerprint density at radius 1 is 1.15 bits per heavy atom. The van der Waals surface area contributed by atoms with Crippen LogP contribution in [0.5, 0.6) is 0 Å². The number of hydrogen-bond donors (Lipinski definition) is 1. The molecule has 1 atom stereocenters. The van der Waals surface area contributed by atoms with Gasteiger partial charge in [0.2, 0.25) is 0 Å². The average Bonchev–Trinajstić information content (AvgIpc) is 2.47. The Morgan fingerprint density at radius 2 is 1.85 bits per heavy atom. The SMILES string of the molecule is Cc1ccc(C)c(C(=O)NCC(Br)c2ccccc2)c1. The maximum atomic E-state index is 12.2. The molecule has 2 rings (SSSR count). The van der Waals surface area contributed by atoms with E-state index >= 15 is 0 Å². The molecule has 2 aromatic rings. The van der Waals surface area contributed by atoms with E-state index in [0.29, 0.717) is 6.54 Å². The van der Waals surface area contributed by atoms with Crippen molar-refractivity contribution in [3.05, 3.63) is 70.8 Å². The number of hydrogen-bond acceptors (Lipinski definition) is 1. The maximum Gasteiger partial charge on any atom is 0.251 e. The molecule has 0 aromatic heterocycles. The fraction of sp³-hybridized carbons (Fsp3) is 0.235. The van der Waals surface area contributed by atoms with E-state index in [-0.39, 0.29) is 10.7 Å². The van der Waals surface area contributed by atoms with Crippen LogP contribution in [0.25, 0.3) is 0 Å². The first-order valence-electron chi connectivity index (χ1n) is 6.62. The van der Waals surface area contributed by atoms with Gasteiger partial charge in [-0.15, -0.1) is 0 Å². The second-order valence-corrected chi connectivity index (χ2v) is 6.01. The molecule has 0 saturated heterocycles. The molecule has 2 nitrogen and oxygen atoms in total. The highest BCUT2D eigenvalue weighted by molar-refractivity contribution is 9.09. The van der Waals surface area contributed by atoms with Gasteiger partial charge in [-0.25, -0.2) is 0 Å². The number of benzene rings is 2. The molecule has 0 saturated carbocycles. The summed E-state index contributed by atoms with van der Waals surface area (Å²) in [5.74, 6) is -0.0217. The summed E-state index contributed by atoms with van der Waals surface area (Å²) in [6, 6.07) is 16.0. The van der Waals surface area contributed by atoms with Crippen molar-refractivity contribution in [2.24, 2.45) is 0 Å². The van der Waals surface area contributed by atoms with Crippen molar-refractivity contribution in [2.75, 3.05) is 6.54 Å². The second kappa shape index (κ2) is 6.71. The molecule has 0 aliphatic rings. The molecule has 0 aliphatic heterocycles. The van der Waals surface area contributed by atoms with Crippen LogP contribution < -0.4 is 5.32 Å². The predicted octanol–water partition coefficient (Wildman–Crippen LogP) is 4.17. The number of rotatable bonds is 4. The van der Waals surface area contributed by atoms with Crippen LogP contribution in [0.2, 0.25) is 0 Å². The Kier molecular flexibility index (Phi) is 4.96. The van der Waals surface area contributed by atoms with Crippen LogP contribution in [-0.4, -0.2) is 12.5 Å². The minimum atomic E-state index is -0.0217. The summed E-state index contributed by atoms with van der Waals surface area (Å²) in [5, 5.41) is 2.98. The second-order valence-electron chi connectivity index (χ2n) is 4.91. The summed E-state index contributed by atoms with van der Waals surface area (Å²) >= 11 is 3.61. The highest BCUT2D eigenvalue weighted by atomic mass is 79.9. The van der Waals surface area contributed by atoms with Gasteiger partial charge < -0.3 is 5.32 Å². The van der Waals surface area contributed by atoms with Gasteiger partial charge in [-0.2, -0.15) is 0 Å². The van der Waals surface area contributed by atoms with E-state index in [1.807, 2.05) is 62.4 Å². The van der Waals surface area contributed by atoms with Crippen LogP contribution >= 0.6 is 15.9 Å². The topological polar surface area (TPSA) is 29.1 Å². The van der Waals surface area contributed by atoms with Crippen LogP contribution in [0.3, 0.4) is 0 Å². The minimum Gasteiger partial charge on any atom is -0.351 e. The molecule has 1 N–H and O–H groups in total. The van der Waals surface area contributed by atoms with Crippen molar-refractivity contribution in [3.63, 3.8) is 0 Å². The van der Waals surface area contributed by atoms with Crippen molar-refractivity contribution >= 4 is 21.8 Å². The quantitative estimate of drug-likeness (QED) is 0.837. The molecule has 104 valence electrons. The summed E-state index contributed by atoms with van der Waals surface area (Å²) in [5.41, 5.74) is 4.00. The van der Waals surface area contributed by atoms with Gasteiger partial charge in [-0.1, -0.05) is 64.0 Å². The van der Waals surface area contributed by atoms with E-state index in [9.17, 15) is 4.79 Å². The van der Waals surface area contributed by atoms with Gasteiger partial charge in [-0.05, 0) is 31.0 Å². The van der Waals surface area contributed by atoms with E-state index in [1.54, 1.807) is 0 Å². The summed E-state index contributed by atoms with van der Waals surface area (Å²) < 4.78 is 0. The van der Waals surface area contributed by atoms with Crippen LogP contribution in [0, 0.1) is 13.8 Å². The first-order chi connectivity index (χ1) is 9.58. The standard InChI is InChI=1S/C17H18BrNO/c1-12-8-9-13(2)15(10-12)17(20)19-11-16(18)14-6-4-3-5-7-14/h3-10,16H,11H2,1-2H3,(H,19,20). The van der Waals surface area contributed by atoms with Crippen LogP contribution in [-0.2, 0) is 0 Å². The largest absolute Gasteiger partial charge is 0.351 e. The summed E-state index contributed by atoms with van der Waals surface area (Å²) in [6.07, 6.45) is 0. The maximum absolute atomic E-state index is 12.2. The molecule has 3 heteroatoms. The molecule has 0 fully saturated rings. The first kappa shape index (κ1) is 14.8. The molecule has 0 bridgehead atoms. The predicted molar refractivity (Wildman–Crippen MR) is 86.4 cm³/mol. The third kappa shape index (κ3) is 3.70. The molecule has 20 heavy (non-hydrogen) atoms. The lowest BCUT2D eigenvalue weighted by molar-refractivity contribution is 0.0953. The lowest BCUT2D eigenvalue weighted by atomic mass is 10.0. The molecule has 0 radical (unpaired) electrons. The third-order valence-electron chi connectivity index (χ3n) is 3.24. The first-order valence-corrected chi connectivity index (χ1v) is 7.54.